The van der Waals surface area contributed by atoms with Gasteiger partial charge < -0.3 is 0 Å². The molecule has 0 saturated heterocycles. The fraction of sp³-hybridized carbons (Fsp3) is 1.00. The first kappa shape index (κ1) is 8.10. The molecule has 0 aromatic rings. The summed E-state index contributed by atoms with van der Waals surface area (Å²) in [4.78, 5) is 0. The highest BCUT2D eigenvalue weighted by atomic mass is 79.9. The van der Waals surface area contributed by atoms with Gasteiger partial charge in [-0.05, 0) is 36.5 Å². The van der Waals surface area contributed by atoms with Crippen molar-refractivity contribution in [2.45, 2.75) is 32.6 Å². The number of hydrogen-bond donors (Lipinski definition) is 0. The molecule has 4 atom stereocenters. The van der Waals surface area contributed by atoms with Crippen molar-refractivity contribution >= 4 is 15.9 Å². The Morgan fingerprint density at radius 2 is 1.82 bits per heavy atom. The Morgan fingerprint density at radius 1 is 1.18 bits per heavy atom. The molecule has 2 aliphatic rings. The van der Waals surface area contributed by atoms with Crippen LogP contribution in [0, 0.1) is 23.7 Å². The first-order valence-corrected chi connectivity index (χ1v) is 6.05. The molecule has 0 nitrogen and oxygen atoms in total. The highest BCUT2D eigenvalue weighted by Gasteiger charge is 2.51. The van der Waals surface area contributed by atoms with Crippen molar-refractivity contribution in [3.63, 3.8) is 0 Å². The first-order chi connectivity index (χ1) is 5.36. The molecule has 11 heavy (non-hydrogen) atoms. The van der Waals surface area contributed by atoms with Crippen LogP contribution in [0.15, 0.2) is 0 Å². The van der Waals surface area contributed by atoms with Crippen molar-refractivity contribution in [1.82, 2.24) is 0 Å². The molecule has 0 N–H and O–H groups in total. The summed E-state index contributed by atoms with van der Waals surface area (Å²) in [6, 6.07) is 0. The van der Waals surface area contributed by atoms with Crippen LogP contribution in [0.4, 0.5) is 0 Å². The minimum atomic E-state index is 1.06. The normalized spacial score (nSPS) is 47.5. The lowest BCUT2D eigenvalue weighted by molar-refractivity contribution is 0.565. The Labute approximate surface area is 77.9 Å². The van der Waals surface area contributed by atoms with Gasteiger partial charge in [0.25, 0.3) is 0 Å². The van der Waals surface area contributed by atoms with Crippen LogP contribution >= 0.6 is 15.9 Å². The van der Waals surface area contributed by atoms with Gasteiger partial charge in [0.1, 0.15) is 0 Å². The lowest BCUT2D eigenvalue weighted by atomic mass is 10.1. The summed E-state index contributed by atoms with van der Waals surface area (Å²) >= 11 is 3.57. The van der Waals surface area contributed by atoms with E-state index in [1.54, 1.807) is 6.42 Å². The van der Waals surface area contributed by atoms with Crippen LogP contribution in [0.1, 0.15) is 32.6 Å². The van der Waals surface area contributed by atoms with Crippen LogP contribution < -0.4 is 0 Å². The minimum Gasteiger partial charge on any atom is -0.0925 e. The predicted molar refractivity (Wildman–Crippen MR) is 51.9 cm³/mol. The summed E-state index contributed by atoms with van der Waals surface area (Å²) in [6.07, 6.45) is 5.97. The standard InChI is InChI=1S/C10H17Br/c1-2-3-7-4-9(7)10-5-8(10)6-11/h7-10H,2-6H2,1H3. The van der Waals surface area contributed by atoms with Gasteiger partial charge in [0, 0.05) is 5.33 Å². The molecule has 0 aliphatic heterocycles. The maximum atomic E-state index is 3.57. The van der Waals surface area contributed by atoms with Gasteiger partial charge in [-0.15, -0.1) is 0 Å². The van der Waals surface area contributed by atoms with E-state index in [1.807, 2.05) is 0 Å². The number of alkyl halides is 1. The number of rotatable bonds is 4. The van der Waals surface area contributed by atoms with E-state index in [0.29, 0.717) is 0 Å². The first-order valence-electron chi connectivity index (χ1n) is 4.92. The summed E-state index contributed by atoms with van der Waals surface area (Å²) in [6.45, 7) is 2.31. The summed E-state index contributed by atoms with van der Waals surface area (Å²) < 4.78 is 0. The van der Waals surface area contributed by atoms with Gasteiger partial charge in [-0.3, -0.25) is 0 Å². The van der Waals surface area contributed by atoms with E-state index in [9.17, 15) is 0 Å². The molecule has 1 heteroatoms. The van der Waals surface area contributed by atoms with Crippen molar-refractivity contribution in [3.05, 3.63) is 0 Å². The molecule has 64 valence electrons. The van der Waals surface area contributed by atoms with E-state index in [4.69, 9.17) is 0 Å². The highest BCUT2D eigenvalue weighted by Crippen LogP contribution is 2.59. The summed E-state index contributed by atoms with van der Waals surface area (Å²) in [7, 11) is 0. The van der Waals surface area contributed by atoms with Crippen LogP contribution in [0.5, 0.6) is 0 Å². The lowest BCUT2D eigenvalue weighted by Crippen LogP contribution is -1.89. The number of halogens is 1. The van der Waals surface area contributed by atoms with Gasteiger partial charge in [0.2, 0.25) is 0 Å². The summed E-state index contributed by atoms with van der Waals surface area (Å²) in [5.74, 6) is 4.47. The molecule has 2 fully saturated rings. The van der Waals surface area contributed by atoms with Crippen LogP contribution in [0.3, 0.4) is 0 Å². The van der Waals surface area contributed by atoms with Gasteiger partial charge in [0.05, 0.1) is 0 Å². The van der Waals surface area contributed by atoms with E-state index in [2.05, 4.69) is 22.9 Å². The molecular weight excluding hydrogens is 200 g/mol. The molecule has 0 spiro atoms. The maximum Gasteiger partial charge on any atom is 0.00625 e. The zero-order valence-electron chi connectivity index (χ0n) is 7.22. The molecule has 4 unspecified atom stereocenters. The third kappa shape index (κ3) is 1.63. The van der Waals surface area contributed by atoms with E-state index >= 15 is 0 Å². The Morgan fingerprint density at radius 3 is 2.36 bits per heavy atom. The Hall–Kier alpha value is 0.480. The van der Waals surface area contributed by atoms with Crippen LogP contribution in [0.25, 0.3) is 0 Å². The van der Waals surface area contributed by atoms with Gasteiger partial charge in [-0.1, -0.05) is 35.7 Å². The second-order valence-corrected chi connectivity index (χ2v) is 4.91. The lowest BCUT2D eigenvalue weighted by Gasteiger charge is -1.94. The average molecular weight is 217 g/mol. The van der Waals surface area contributed by atoms with Crippen LogP contribution in [0.2, 0.25) is 0 Å². The van der Waals surface area contributed by atoms with Gasteiger partial charge >= 0.3 is 0 Å². The Bertz CT molecular complexity index is 144. The number of hydrogen-bond acceptors (Lipinski definition) is 0. The fourth-order valence-corrected chi connectivity index (χ4v) is 3.22. The summed E-state index contributed by atoms with van der Waals surface area (Å²) in [5, 5.41) is 1.26. The summed E-state index contributed by atoms with van der Waals surface area (Å²) in [5.41, 5.74) is 0. The largest absolute Gasteiger partial charge is 0.0925 e. The minimum absolute atomic E-state index is 1.06. The molecule has 0 heterocycles. The maximum absolute atomic E-state index is 3.57. The molecule has 0 amide bonds. The monoisotopic (exact) mass is 216 g/mol. The van der Waals surface area contributed by atoms with Crippen LogP contribution in [-0.4, -0.2) is 5.33 Å². The van der Waals surface area contributed by atoms with Crippen LogP contribution in [-0.2, 0) is 0 Å². The zero-order valence-corrected chi connectivity index (χ0v) is 8.81. The van der Waals surface area contributed by atoms with E-state index in [1.165, 1.54) is 24.6 Å². The zero-order chi connectivity index (χ0) is 7.84. The van der Waals surface area contributed by atoms with E-state index in [-0.39, 0.29) is 0 Å². The predicted octanol–water partition coefficient (Wildman–Crippen LogP) is 3.45. The third-order valence-electron chi connectivity index (χ3n) is 3.36. The topological polar surface area (TPSA) is 0 Å². The van der Waals surface area contributed by atoms with Gasteiger partial charge in [-0.2, -0.15) is 0 Å². The van der Waals surface area contributed by atoms with Crippen molar-refractivity contribution in [3.8, 4) is 0 Å². The Balaban J connectivity index is 1.68. The van der Waals surface area contributed by atoms with Gasteiger partial charge in [-0.25, -0.2) is 0 Å². The molecule has 2 aliphatic carbocycles. The second kappa shape index (κ2) is 3.08. The Kier molecular flexibility index (Phi) is 2.27. The van der Waals surface area contributed by atoms with Crippen molar-refractivity contribution in [1.29, 1.82) is 0 Å². The molecule has 2 saturated carbocycles. The van der Waals surface area contributed by atoms with Crippen molar-refractivity contribution < 1.29 is 0 Å². The van der Waals surface area contributed by atoms with Crippen molar-refractivity contribution in [2.24, 2.45) is 23.7 Å². The molecule has 0 aromatic carbocycles. The molecule has 2 rings (SSSR count). The average Bonchev–Trinajstić information content (AvgIpc) is 2.80. The SMILES string of the molecule is CCCC1CC1C1CC1CBr. The van der Waals surface area contributed by atoms with Crippen molar-refractivity contribution in [2.75, 3.05) is 5.33 Å². The van der Waals surface area contributed by atoms with E-state index < -0.39 is 0 Å². The third-order valence-corrected chi connectivity index (χ3v) is 4.19. The highest BCUT2D eigenvalue weighted by molar-refractivity contribution is 9.09. The molecule has 0 radical (unpaired) electrons. The molecule has 0 aromatic heterocycles. The van der Waals surface area contributed by atoms with E-state index in [0.717, 1.165) is 23.7 Å². The smallest absolute Gasteiger partial charge is 0.00625 e. The molecular formula is C10H17Br. The molecule has 0 bridgehead atoms. The second-order valence-electron chi connectivity index (χ2n) is 4.26. The quantitative estimate of drug-likeness (QED) is 0.632. The fourth-order valence-electron chi connectivity index (χ4n) is 2.47. The van der Waals surface area contributed by atoms with Gasteiger partial charge in [0.15, 0.2) is 0 Å².